The van der Waals surface area contributed by atoms with Crippen molar-refractivity contribution in [1.29, 1.82) is 0 Å². The van der Waals surface area contributed by atoms with E-state index in [-0.39, 0.29) is 35.9 Å². The van der Waals surface area contributed by atoms with E-state index >= 15 is 0 Å². The number of guanidine groups is 1. The minimum atomic E-state index is -0.213. The first-order valence-corrected chi connectivity index (χ1v) is 6.80. The fourth-order valence-corrected chi connectivity index (χ4v) is 2.09. The summed E-state index contributed by atoms with van der Waals surface area (Å²) < 4.78 is 4.69. The zero-order valence-electron chi connectivity index (χ0n) is 12.1. The molecular weight excluding hydrogens is 357 g/mol. The Balaban J connectivity index is 0.00000324. The predicted molar refractivity (Wildman–Crippen MR) is 88.0 cm³/mol. The standard InChI is InChI=1S/C13H25N3O2.HI/c1-4-14-13(16-11-7-5-6-8-11)15-9-10(2)12(17)18-3;/h10-11H,4-9H2,1-3H3,(H2,14,15,16);1H. The van der Waals surface area contributed by atoms with Crippen LogP contribution in [-0.4, -0.2) is 38.2 Å². The molecule has 0 radical (unpaired) electrons. The number of carbonyl (C=O) groups is 1. The monoisotopic (exact) mass is 383 g/mol. The van der Waals surface area contributed by atoms with Gasteiger partial charge in [0.2, 0.25) is 0 Å². The highest BCUT2D eigenvalue weighted by Crippen LogP contribution is 2.17. The van der Waals surface area contributed by atoms with Crippen LogP contribution in [0.2, 0.25) is 0 Å². The second-order valence-corrected chi connectivity index (χ2v) is 4.77. The van der Waals surface area contributed by atoms with Crippen molar-refractivity contribution < 1.29 is 9.53 Å². The van der Waals surface area contributed by atoms with Gasteiger partial charge in [-0.2, -0.15) is 0 Å². The fraction of sp³-hybridized carbons (Fsp3) is 0.846. The average Bonchev–Trinajstić information content (AvgIpc) is 2.87. The van der Waals surface area contributed by atoms with Gasteiger partial charge >= 0.3 is 5.97 Å². The van der Waals surface area contributed by atoms with Gasteiger partial charge in [0, 0.05) is 12.6 Å². The third-order valence-corrected chi connectivity index (χ3v) is 3.17. The number of aliphatic imine (C=N–C) groups is 1. The molecule has 1 aliphatic carbocycles. The molecule has 1 fully saturated rings. The lowest BCUT2D eigenvalue weighted by atomic mass is 10.2. The molecule has 0 aromatic carbocycles. The van der Waals surface area contributed by atoms with Crippen molar-refractivity contribution in [3.8, 4) is 0 Å². The van der Waals surface area contributed by atoms with Gasteiger partial charge in [0.1, 0.15) is 0 Å². The Hall–Kier alpha value is -0.530. The number of halogens is 1. The largest absolute Gasteiger partial charge is 0.469 e. The lowest BCUT2D eigenvalue weighted by Gasteiger charge is -2.17. The van der Waals surface area contributed by atoms with Gasteiger partial charge in [0.15, 0.2) is 5.96 Å². The maximum Gasteiger partial charge on any atom is 0.310 e. The molecule has 1 rings (SSSR count). The normalized spacial score (nSPS) is 17.5. The molecule has 0 amide bonds. The fourth-order valence-electron chi connectivity index (χ4n) is 2.09. The number of hydrogen-bond donors (Lipinski definition) is 2. The Bertz CT molecular complexity index is 292. The number of carbonyl (C=O) groups excluding carboxylic acids is 1. The summed E-state index contributed by atoms with van der Waals surface area (Å²) in [6.07, 6.45) is 4.99. The van der Waals surface area contributed by atoms with Gasteiger partial charge in [0.05, 0.1) is 19.6 Å². The molecular formula is C13H26IN3O2. The van der Waals surface area contributed by atoms with Crippen LogP contribution in [0.1, 0.15) is 39.5 Å². The minimum absolute atomic E-state index is 0. The van der Waals surface area contributed by atoms with Crippen molar-refractivity contribution in [2.75, 3.05) is 20.2 Å². The Morgan fingerprint density at radius 3 is 2.58 bits per heavy atom. The van der Waals surface area contributed by atoms with Crippen molar-refractivity contribution in [2.24, 2.45) is 10.9 Å². The molecule has 0 heterocycles. The van der Waals surface area contributed by atoms with E-state index in [1.165, 1.54) is 32.8 Å². The number of nitrogens with zero attached hydrogens (tertiary/aromatic N) is 1. The second-order valence-electron chi connectivity index (χ2n) is 4.77. The van der Waals surface area contributed by atoms with Crippen molar-refractivity contribution in [2.45, 2.75) is 45.6 Å². The van der Waals surface area contributed by atoms with Crippen LogP contribution in [0.5, 0.6) is 0 Å². The lowest BCUT2D eigenvalue weighted by Crippen LogP contribution is -2.42. The van der Waals surface area contributed by atoms with E-state index in [0.717, 1.165) is 12.5 Å². The van der Waals surface area contributed by atoms with E-state index < -0.39 is 0 Å². The molecule has 0 aliphatic heterocycles. The molecule has 5 nitrogen and oxygen atoms in total. The molecule has 1 atom stereocenters. The summed E-state index contributed by atoms with van der Waals surface area (Å²) in [4.78, 5) is 15.7. The maximum absolute atomic E-state index is 11.3. The Morgan fingerprint density at radius 1 is 1.42 bits per heavy atom. The van der Waals surface area contributed by atoms with E-state index in [9.17, 15) is 4.79 Å². The molecule has 6 heteroatoms. The summed E-state index contributed by atoms with van der Waals surface area (Å²) in [5.41, 5.74) is 0. The average molecular weight is 383 g/mol. The molecule has 19 heavy (non-hydrogen) atoms. The summed E-state index contributed by atoms with van der Waals surface area (Å²) in [7, 11) is 1.41. The molecule has 0 aromatic heterocycles. The molecule has 1 aliphatic rings. The van der Waals surface area contributed by atoms with Gasteiger partial charge < -0.3 is 15.4 Å². The van der Waals surface area contributed by atoms with Crippen molar-refractivity contribution in [3.63, 3.8) is 0 Å². The van der Waals surface area contributed by atoms with Gasteiger partial charge in [-0.1, -0.05) is 19.8 Å². The predicted octanol–water partition coefficient (Wildman–Crippen LogP) is 1.91. The van der Waals surface area contributed by atoms with Crippen molar-refractivity contribution in [3.05, 3.63) is 0 Å². The van der Waals surface area contributed by atoms with Gasteiger partial charge in [-0.05, 0) is 19.8 Å². The summed E-state index contributed by atoms with van der Waals surface area (Å²) in [5, 5.41) is 6.62. The van der Waals surface area contributed by atoms with E-state index in [4.69, 9.17) is 0 Å². The second kappa shape index (κ2) is 10.3. The Kier molecular flexibility index (Phi) is 9.99. The highest BCUT2D eigenvalue weighted by Gasteiger charge is 2.17. The highest BCUT2D eigenvalue weighted by atomic mass is 127. The zero-order chi connectivity index (χ0) is 13.4. The number of hydrogen-bond acceptors (Lipinski definition) is 3. The number of esters is 1. The summed E-state index contributed by atoms with van der Waals surface area (Å²) in [6.45, 7) is 5.14. The van der Waals surface area contributed by atoms with Crippen LogP contribution in [0.4, 0.5) is 0 Å². The lowest BCUT2D eigenvalue weighted by molar-refractivity contribution is -0.144. The number of methoxy groups -OCH3 is 1. The SMILES string of the molecule is CCNC(=NCC(C)C(=O)OC)NC1CCCC1.I. The minimum Gasteiger partial charge on any atom is -0.469 e. The van der Waals surface area contributed by atoms with Crippen LogP contribution in [0.25, 0.3) is 0 Å². The highest BCUT2D eigenvalue weighted by molar-refractivity contribution is 14.0. The molecule has 0 saturated heterocycles. The van der Waals surface area contributed by atoms with Gasteiger partial charge in [-0.15, -0.1) is 24.0 Å². The maximum atomic E-state index is 11.3. The van der Waals surface area contributed by atoms with Gasteiger partial charge in [-0.25, -0.2) is 0 Å². The van der Waals surface area contributed by atoms with E-state index in [2.05, 4.69) is 20.4 Å². The van der Waals surface area contributed by atoms with Crippen LogP contribution < -0.4 is 10.6 Å². The first kappa shape index (κ1) is 18.5. The van der Waals surface area contributed by atoms with Gasteiger partial charge in [-0.3, -0.25) is 9.79 Å². The van der Waals surface area contributed by atoms with Crippen LogP contribution in [0.15, 0.2) is 4.99 Å². The quantitative estimate of drug-likeness (QED) is 0.330. The third kappa shape index (κ3) is 6.98. The van der Waals surface area contributed by atoms with Crippen LogP contribution in [-0.2, 0) is 9.53 Å². The van der Waals surface area contributed by atoms with E-state index in [0.29, 0.717) is 12.6 Å². The third-order valence-electron chi connectivity index (χ3n) is 3.17. The van der Waals surface area contributed by atoms with Gasteiger partial charge in [0.25, 0.3) is 0 Å². The summed E-state index contributed by atoms with van der Waals surface area (Å²) in [6, 6.07) is 0.524. The van der Waals surface area contributed by atoms with E-state index in [1.807, 2.05) is 13.8 Å². The molecule has 2 N–H and O–H groups in total. The molecule has 0 bridgehead atoms. The first-order chi connectivity index (χ1) is 8.67. The molecule has 0 aromatic rings. The zero-order valence-corrected chi connectivity index (χ0v) is 14.4. The van der Waals surface area contributed by atoms with Crippen molar-refractivity contribution >= 4 is 35.9 Å². The summed E-state index contributed by atoms with van der Waals surface area (Å²) >= 11 is 0. The molecule has 112 valence electrons. The smallest absolute Gasteiger partial charge is 0.310 e. The topological polar surface area (TPSA) is 62.7 Å². The number of ether oxygens (including phenoxy) is 1. The van der Waals surface area contributed by atoms with Crippen molar-refractivity contribution in [1.82, 2.24) is 10.6 Å². The molecule has 1 unspecified atom stereocenters. The van der Waals surface area contributed by atoms with Crippen LogP contribution >= 0.6 is 24.0 Å². The number of rotatable bonds is 5. The first-order valence-electron chi connectivity index (χ1n) is 6.80. The summed E-state index contributed by atoms with van der Waals surface area (Å²) in [5.74, 6) is 0.393. The molecule has 0 spiro atoms. The number of nitrogens with one attached hydrogen (secondary N) is 2. The van der Waals surface area contributed by atoms with Crippen LogP contribution in [0.3, 0.4) is 0 Å². The Labute approximate surface area is 133 Å². The van der Waals surface area contributed by atoms with Crippen LogP contribution in [0, 0.1) is 5.92 Å². The molecule has 1 saturated carbocycles. The Morgan fingerprint density at radius 2 is 2.05 bits per heavy atom. The van der Waals surface area contributed by atoms with E-state index in [1.54, 1.807) is 0 Å².